The molecular formula is C17H24N6O. The fraction of sp³-hybridized carbons (Fsp3) is 0.647. The number of rotatable bonds is 5. The molecule has 1 aliphatic heterocycles. The highest BCUT2D eigenvalue weighted by atomic mass is 16.2. The molecule has 2 aliphatic rings. The molecule has 1 N–H and O–H groups in total. The van der Waals surface area contributed by atoms with Crippen molar-refractivity contribution in [1.82, 2.24) is 29.9 Å². The first-order valence-electron chi connectivity index (χ1n) is 8.97. The molecule has 2 aromatic heterocycles. The van der Waals surface area contributed by atoms with E-state index in [1.165, 1.54) is 12.8 Å². The zero-order chi connectivity index (χ0) is 16.5. The summed E-state index contributed by atoms with van der Waals surface area (Å²) in [7, 11) is 0. The van der Waals surface area contributed by atoms with Crippen molar-refractivity contribution >= 4 is 5.91 Å². The van der Waals surface area contributed by atoms with E-state index in [9.17, 15) is 4.79 Å². The van der Waals surface area contributed by atoms with Crippen molar-refractivity contribution in [3.8, 4) is 0 Å². The van der Waals surface area contributed by atoms with Gasteiger partial charge in [0.2, 0.25) is 0 Å². The van der Waals surface area contributed by atoms with Crippen LogP contribution in [0.2, 0.25) is 0 Å². The smallest absolute Gasteiger partial charge is 0.274 e. The average molecular weight is 328 g/mol. The molecule has 1 amide bonds. The van der Waals surface area contributed by atoms with E-state index in [1.807, 2.05) is 24.1 Å². The Morgan fingerprint density at radius 1 is 1.29 bits per heavy atom. The van der Waals surface area contributed by atoms with Crippen molar-refractivity contribution in [3.05, 3.63) is 29.6 Å². The molecule has 4 rings (SSSR count). The fourth-order valence-electron chi connectivity index (χ4n) is 3.35. The zero-order valence-corrected chi connectivity index (χ0v) is 14.1. The van der Waals surface area contributed by atoms with Crippen LogP contribution in [0.3, 0.4) is 0 Å². The van der Waals surface area contributed by atoms with Gasteiger partial charge in [0, 0.05) is 38.2 Å². The third-order valence-corrected chi connectivity index (χ3v) is 5.06. The molecule has 0 bridgehead atoms. The minimum absolute atomic E-state index is 0.0522. The maximum Gasteiger partial charge on any atom is 0.274 e. The number of nitrogens with zero attached hydrogens (tertiary/aromatic N) is 5. The molecule has 0 unspecified atom stereocenters. The first kappa shape index (κ1) is 15.4. The SMILES string of the molecule is CCn1ccc(C(=O)N2CCC(Cc3nc(C4CC4)n[nH]3)CC2)n1. The van der Waals surface area contributed by atoms with Gasteiger partial charge >= 0.3 is 0 Å². The number of carbonyl (C=O) groups is 1. The van der Waals surface area contributed by atoms with Crippen LogP contribution in [0.4, 0.5) is 0 Å². The first-order valence-corrected chi connectivity index (χ1v) is 8.97. The van der Waals surface area contributed by atoms with Gasteiger partial charge in [-0.3, -0.25) is 14.6 Å². The van der Waals surface area contributed by atoms with Gasteiger partial charge in [-0.1, -0.05) is 0 Å². The Kier molecular flexibility index (Phi) is 4.08. The molecular weight excluding hydrogens is 304 g/mol. The average Bonchev–Trinajstić information content (AvgIpc) is 3.17. The maximum absolute atomic E-state index is 12.5. The number of H-pyrrole nitrogens is 1. The van der Waals surface area contributed by atoms with Gasteiger partial charge < -0.3 is 4.90 Å². The lowest BCUT2D eigenvalue weighted by Gasteiger charge is -2.31. The summed E-state index contributed by atoms with van der Waals surface area (Å²) < 4.78 is 1.79. The molecule has 2 fully saturated rings. The van der Waals surface area contributed by atoms with E-state index in [0.29, 0.717) is 17.5 Å². The first-order chi connectivity index (χ1) is 11.7. The Bertz CT molecular complexity index is 708. The molecule has 0 atom stereocenters. The van der Waals surface area contributed by atoms with Crippen LogP contribution in [-0.4, -0.2) is 48.9 Å². The summed E-state index contributed by atoms with van der Waals surface area (Å²) in [5.41, 5.74) is 0.555. The molecule has 128 valence electrons. The third kappa shape index (κ3) is 3.20. The second-order valence-electron chi connectivity index (χ2n) is 6.91. The van der Waals surface area contributed by atoms with E-state index < -0.39 is 0 Å². The Morgan fingerprint density at radius 2 is 2.08 bits per heavy atom. The highest BCUT2D eigenvalue weighted by Gasteiger charge is 2.29. The fourth-order valence-corrected chi connectivity index (χ4v) is 3.35. The van der Waals surface area contributed by atoms with Crippen LogP contribution in [0.1, 0.15) is 60.7 Å². The Balaban J connectivity index is 1.30. The molecule has 0 aromatic carbocycles. The van der Waals surface area contributed by atoms with Crippen LogP contribution in [0, 0.1) is 5.92 Å². The Morgan fingerprint density at radius 3 is 2.75 bits per heavy atom. The van der Waals surface area contributed by atoms with E-state index in [0.717, 1.165) is 50.5 Å². The van der Waals surface area contributed by atoms with Crippen LogP contribution >= 0.6 is 0 Å². The second-order valence-corrected chi connectivity index (χ2v) is 6.91. The number of hydrogen-bond acceptors (Lipinski definition) is 4. The largest absolute Gasteiger partial charge is 0.337 e. The van der Waals surface area contributed by atoms with E-state index in [-0.39, 0.29) is 5.91 Å². The molecule has 1 aliphatic carbocycles. The third-order valence-electron chi connectivity index (χ3n) is 5.06. The summed E-state index contributed by atoms with van der Waals surface area (Å²) in [6.45, 7) is 4.40. The van der Waals surface area contributed by atoms with Gasteiger partial charge in [-0.05, 0) is 44.6 Å². The Hall–Kier alpha value is -2.18. The molecule has 1 saturated heterocycles. The highest BCUT2D eigenvalue weighted by molar-refractivity contribution is 5.92. The number of aromatic nitrogens is 5. The van der Waals surface area contributed by atoms with Crippen molar-refractivity contribution < 1.29 is 4.79 Å². The van der Waals surface area contributed by atoms with Gasteiger partial charge in [0.1, 0.15) is 11.5 Å². The number of piperidine rings is 1. The molecule has 24 heavy (non-hydrogen) atoms. The highest BCUT2D eigenvalue weighted by Crippen LogP contribution is 2.37. The number of amides is 1. The normalized spacial score (nSPS) is 19.0. The van der Waals surface area contributed by atoms with Crippen LogP contribution in [0.5, 0.6) is 0 Å². The number of aryl methyl sites for hydroxylation is 1. The minimum atomic E-state index is 0.0522. The molecule has 7 heteroatoms. The second kappa shape index (κ2) is 6.37. The van der Waals surface area contributed by atoms with Gasteiger partial charge in [-0.15, -0.1) is 0 Å². The van der Waals surface area contributed by atoms with Crippen LogP contribution in [0.25, 0.3) is 0 Å². The van der Waals surface area contributed by atoms with Gasteiger partial charge in [0.05, 0.1) is 0 Å². The zero-order valence-electron chi connectivity index (χ0n) is 14.1. The molecule has 0 spiro atoms. The Labute approximate surface area is 141 Å². The lowest BCUT2D eigenvalue weighted by atomic mass is 9.93. The predicted octanol–water partition coefficient (Wildman–Crippen LogP) is 1.99. The van der Waals surface area contributed by atoms with Crippen molar-refractivity contribution in [3.63, 3.8) is 0 Å². The summed E-state index contributed by atoms with van der Waals surface area (Å²) in [4.78, 5) is 19.0. The number of nitrogens with one attached hydrogen (secondary N) is 1. The van der Waals surface area contributed by atoms with E-state index in [1.54, 1.807) is 4.68 Å². The maximum atomic E-state index is 12.5. The van der Waals surface area contributed by atoms with E-state index in [4.69, 9.17) is 0 Å². The van der Waals surface area contributed by atoms with Gasteiger partial charge in [-0.25, -0.2) is 4.98 Å². The lowest BCUT2D eigenvalue weighted by molar-refractivity contribution is 0.0683. The topological polar surface area (TPSA) is 79.7 Å². The van der Waals surface area contributed by atoms with Gasteiger partial charge in [0.25, 0.3) is 5.91 Å². The quantitative estimate of drug-likeness (QED) is 0.910. The minimum Gasteiger partial charge on any atom is -0.337 e. The summed E-state index contributed by atoms with van der Waals surface area (Å²) in [6, 6.07) is 1.81. The van der Waals surface area contributed by atoms with E-state index in [2.05, 4.69) is 20.3 Å². The summed E-state index contributed by atoms with van der Waals surface area (Å²) in [6.07, 6.45) is 7.28. The molecule has 2 aromatic rings. The molecule has 7 nitrogen and oxygen atoms in total. The number of aromatic amines is 1. The monoisotopic (exact) mass is 328 g/mol. The van der Waals surface area contributed by atoms with Gasteiger partial charge in [0.15, 0.2) is 5.82 Å². The van der Waals surface area contributed by atoms with Crippen molar-refractivity contribution in [1.29, 1.82) is 0 Å². The molecule has 1 saturated carbocycles. The number of hydrogen-bond donors (Lipinski definition) is 1. The summed E-state index contributed by atoms with van der Waals surface area (Å²) in [5.74, 6) is 3.21. The molecule has 0 radical (unpaired) electrons. The van der Waals surface area contributed by atoms with Crippen molar-refractivity contribution in [2.75, 3.05) is 13.1 Å². The number of likely N-dealkylation sites (tertiary alicyclic amines) is 1. The van der Waals surface area contributed by atoms with Crippen LogP contribution in [-0.2, 0) is 13.0 Å². The molecule has 3 heterocycles. The summed E-state index contributed by atoms with van der Waals surface area (Å²) >= 11 is 0. The number of carbonyl (C=O) groups excluding carboxylic acids is 1. The van der Waals surface area contributed by atoms with Crippen LogP contribution < -0.4 is 0 Å². The van der Waals surface area contributed by atoms with Crippen molar-refractivity contribution in [2.24, 2.45) is 5.92 Å². The van der Waals surface area contributed by atoms with Gasteiger partial charge in [-0.2, -0.15) is 10.2 Å². The standard InChI is InChI=1S/C17H24N6O/c1-2-23-10-7-14(21-23)17(24)22-8-5-12(6-9-22)11-15-18-16(20-19-15)13-3-4-13/h7,10,12-13H,2-6,8-9,11H2,1H3,(H,18,19,20). The summed E-state index contributed by atoms with van der Waals surface area (Å²) in [5, 5.41) is 11.7. The van der Waals surface area contributed by atoms with Crippen molar-refractivity contribution in [2.45, 2.75) is 51.5 Å². The predicted molar refractivity (Wildman–Crippen MR) is 88.6 cm³/mol. The lowest BCUT2D eigenvalue weighted by Crippen LogP contribution is -2.39. The van der Waals surface area contributed by atoms with E-state index >= 15 is 0 Å². The van der Waals surface area contributed by atoms with Crippen LogP contribution in [0.15, 0.2) is 12.3 Å².